The van der Waals surface area contributed by atoms with Crippen LogP contribution in [0.5, 0.6) is 11.5 Å². The minimum Gasteiger partial charge on any atom is -0.490 e. The molecule has 3 aromatic rings. The van der Waals surface area contributed by atoms with Gasteiger partial charge in [0, 0.05) is 29.0 Å². The van der Waals surface area contributed by atoms with E-state index in [1.54, 1.807) is 55.5 Å². The van der Waals surface area contributed by atoms with E-state index in [2.05, 4.69) is 10.6 Å². The molecule has 0 aliphatic rings. The predicted molar refractivity (Wildman–Crippen MR) is 141 cm³/mol. The second-order valence-corrected chi connectivity index (χ2v) is 8.20. The Bertz CT molecular complexity index is 1290. The number of anilines is 2. The van der Waals surface area contributed by atoms with Gasteiger partial charge in [-0.15, -0.1) is 0 Å². The lowest BCUT2D eigenvalue weighted by atomic mass is 10.1. The molecule has 3 aromatic carbocycles. The summed E-state index contributed by atoms with van der Waals surface area (Å²) in [5.74, 6) is -0.974. The maximum Gasteiger partial charge on any atom is 0.341 e. The van der Waals surface area contributed by atoms with Crippen molar-refractivity contribution in [3.05, 3.63) is 82.4 Å². The largest absolute Gasteiger partial charge is 0.490 e. The number of ether oxygens (including phenoxy) is 2. The lowest BCUT2D eigenvalue weighted by Gasteiger charge is -2.18. The molecule has 0 saturated carbocycles. The molecule has 10 nitrogen and oxygen atoms in total. The molecule has 0 aliphatic carbocycles. The van der Waals surface area contributed by atoms with E-state index in [4.69, 9.17) is 25.7 Å². The van der Waals surface area contributed by atoms with Crippen molar-refractivity contribution in [2.75, 3.05) is 23.8 Å². The fourth-order valence-corrected chi connectivity index (χ4v) is 3.63. The van der Waals surface area contributed by atoms with Crippen LogP contribution < -0.4 is 25.8 Å². The summed E-state index contributed by atoms with van der Waals surface area (Å²) in [6.45, 7) is 3.34. The molecule has 0 bridgehead atoms. The quantitative estimate of drug-likeness (QED) is 0.160. The molecule has 7 N–H and O–H groups in total. The summed E-state index contributed by atoms with van der Waals surface area (Å²) in [6.07, 6.45) is 0. The van der Waals surface area contributed by atoms with E-state index < -0.39 is 12.6 Å². The Kier molecular flexibility index (Phi) is 9.06. The zero-order valence-electron chi connectivity index (χ0n) is 20.6. The fourth-order valence-electron chi connectivity index (χ4n) is 3.63. The number of nitrogens with two attached hydrogens (primary N) is 1. The Morgan fingerprint density at radius 2 is 1.78 bits per heavy atom. The number of benzene rings is 3. The van der Waals surface area contributed by atoms with Gasteiger partial charge in [-0.25, -0.2) is 4.79 Å². The smallest absolute Gasteiger partial charge is 0.341 e. The number of hydrogen-bond donors (Lipinski definition) is 6. The number of amides is 1. The first-order valence-corrected chi connectivity index (χ1v) is 11.6. The van der Waals surface area contributed by atoms with Crippen molar-refractivity contribution in [1.29, 1.82) is 5.41 Å². The van der Waals surface area contributed by atoms with Crippen LogP contribution in [0.4, 0.5) is 11.4 Å². The number of nitrogens with one attached hydrogen (secondary N) is 3. The van der Waals surface area contributed by atoms with Gasteiger partial charge in [-0.2, -0.15) is 0 Å². The first-order valence-electron chi connectivity index (χ1n) is 11.6. The van der Waals surface area contributed by atoms with Crippen LogP contribution in [0.2, 0.25) is 0 Å². The summed E-state index contributed by atoms with van der Waals surface area (Å²) < 4.78 is 11.2. The molecule has 194 valence electrons. The number of carbonyl (C=O) groups is 2. The molecular weight excluding hydrogens is 476 g/mol. The van der Waals surface area contributed by atoms with Gasteiger partial charge in [-0.05, 0) is 67.9 Å². The molecule has 3 rings (SSSR count). The lowest BCUT2D eigenvalue weighted by Crippen LogP contribution is -2.16. The van der Waals surface area contributed by atoms with Crippen LogP contribution in [0.3, 0.4) is 0 Å². The maximum atomic E-state index is 13.1. The van der Waals surface area contributed by atoms with Gasteiger partial charge in [0.2, 0.25) is 0 Å². The Labute approximate surface area is 214 Å². The van der Waals surface area contributed by atoms with Crippen LogP contribution in [-0.4, -0.2) is 41.1 Å². The third-order valence-corrected chi connectivity index (χ3v) is 5.36. The second-order valence-electron chi connectivity index (χ2n) is 8.20. The molecule has 0 aromatic heterocycles. The highest BCUT2D eigenvalue weighted by atomic mass is 16.5. The number of hydrogen-bond acceptors (Lipinski definition) is 7. The average molecular weight is 507 g/mol. The first kappa shape index (κ1) is 27.0. The van der Waals surface area contributed by atoms with Crippen molar-refractivity contribution in [3.8, 4) is 11.5 Å². The second kappa shape index (κ2) is 12.4. The minimum atomic E-state index is -1.14. The van der Waals surface area contributed by atoms with E-state index in [1.165, 1.54) is 0 Å². The summed E-state index contributed by atoms with van der Waals surface area (Å²) in [5.41, 5.74) is 9.53. The maximum absolute atomic E-state index is 13.1. The average Bonchev–Trinajstić information content (AvgIpc) is 2.87. The number of carbonyl (C=O) groups excluding carboxylic acids is 1. The van der Waals surface area contributed by atoms with E-state index >= 15 is 0 Å². The normalized spacial score (nSPS) is 10.5. The number of carboxylic acids is 1. The molecule has 0 fully saturated rings. The van der Waals surface area contributed by atoms with E-state index in [9.17, 15) is 14.7 Å². The first-order chi connectivity index (χ1) is 17.7. The van der Waals surface area contributed by atoms with Crippen LogP contribution >= 0.6 is 0 Å². The van der Waals surface area contributed by atoms with Crippen molar-refractivity contribution in [2.45, 2.75) is 27.0 Å². The van der Waals surface area contributed by atoms with Crippen LogP contribution in [0.25, 0.3) is 0 Å². The highest BCUT2D eigenvalue weighted by Crippen LogP contribution is 2.34. The van der Waals surface area contributed by atoms with Gasteiger partial charge in [-0.1, -0.05) is 11.6 Å². The Morgan fingerprint density at radius 3 is 2.41 bits per heavy atom. The van der Waals surface area contributed by atoms with Crippen molar-refractivity contribution in [2.24, 2.45) is 5.73 Å². The van der Waals surface area contributed by atoms with Gasteiger partial charge in [0.15, 0.2) is 18.1 Å². The van der Waals surface area contributed by atoms with Gasteiger partial charge in [0.25, 0.3) is 5.91 Å². The zero-order valence-corrected chi connectivity index (χ0v) is 20.6. The molecule has 1 amide bonds. The van der Waals surface area contributed by atoms with Gasteiger partial charge in [0.05, 0.1) is 18.8 Å². The number of aliphatic hydroxyl groups excluding tert-OH is 1. The minimum absolute atomic E-state index is 0.0625. The predicted octanol–water partition coefficient (Wildman–Crippen LogP) is 3.50. The summed E-state index contributed by atoms with van der Waals surface area (Å²) in [7, 11) is 0. The number of nitrogen functional groups attached to an aromatic ring is 1. The lowest BCUT2D eigenvalue weighted by molar-refractivity contribution is -0.139. The standard InChI is InChI=1S/C27H30N4O6/c1-3-36-23-12-17(14-32)11-19(25(23)37-15-24(33)34)13-30-22-9-4-16(2)10-21(22)27(35)31-20-7-5-18(6-8-20)26(28)29/h4-12,30,32H,3,13-15H2,1-2H3,(H3,28,29)(H,31,35)(H,33,34). The van der Waals surface area contributed by atoms with Crippen LogP contribution in [-0.2, 0) is 17.9 Å². The summed E-state index contributed by atoms with van der Waals surface area (Å²) >= 11 is 0. The van der Waals surface area contributed by atoms with Gasteiger partial charge < -0.3 is 36.1 Å². The summed E-state index contributed by atoms with van der Waals surface area (Å²) in [6, 6.07) is 15.3. The number of carboxylic acid groups (broad SMARTS) is 1. The zero-order chi connectivity index (χ0) is 26.9. The molecule has 0 radical (unpaired) electrons. The molecule has 37 heavy (non-hydrogen) atoms. The molecule has 0 unspecified atom stereocenters. The molecular formula is C27H30N4O6. The van der Waals surface area contributed by atoms with Crippen molar-refractivity contribution in [3.63, 3.8) is 0 Å². The van der Waals surface area contributed by atoms with Crippen molar-refractivity contribution < 1.29 is 29.3 Å². The molecule has 0 atom stereocenters. The van der Waals surface area contributed by atoms with E-state index in [-0.39, 0.29) is 30.6 Å². The Balaban J connectivity index is 1.88. The third-order valence-electron chi connectivity index (χ3n) is 5.36. The number of amidine groups is 1. The molecule has 0 aliphatic heterocycles. The molecule has 0 spiro atoms. The topological polar surface area (TPSA) is 167 Å². The van der Waals surface area contributed by atoms with Gasteiger partial charge in [0.1, 0.15) is 5.84 Å². The number of aliphatic hydroxyl groups is 1. The van der Waals surface area contributed by atoms with Crippen LogP contribution in [0.15, 0.2) is 54.6 Å². The van der Waals surface area contributed by atoms with Crippen molar-refractivity contribution >= 4 is 29.1 Å². The van der Waals surface area contributed by atoms with Gasteiger partial charge >= 0.3 is 5.97 Å². The molecule has 10 heteroatoms. The molecule has 0 heterocycles. The number of rotatable bonds is 12. The highest BCUT2D eigenvalue weighted by Gasteiger charge is 2.17. The number of aryl methyl sites for hydroxylation is 1. The highest BCUT2D eigenvalue weighted by molar-refractivity contribution is 6.08. The van der Waals surface area contributed by atoms with Crippen molar-refractivity contribution in [1.82, 2.24) is 0 Å². The molecule has 0 saturated heterocycles. The SMILES string of the molecule is CCOc1cc(CO)cc(CNc2ccc(C)cc2C(=O)Nc2ccc(C(=N)N)cc2)c1OCC(=O)O. The van der Waals surface area contributed by atoms with Crippen LogP contribution in [0, 0.1) is 12.3 Å². The monoisotopic (exact) mass is 506 g/mol. The Hall–Kier alpha value is -4.57. The third kappa shape index (κ3) is 7.21. The number of aliphatic carboxylic acids is 1. The van der Waals surface area contributed by atoms with E-state index in [0.717, 1.165) is 5.56 Å². The Morgan fingerprint density at radius 1 is 1.05 bits per heavy atom. The summed E-state index contributed by atoms with van der Waals surface area (Å²) in [5, 5.41) is 32.4. The summed E-state index contributed by atoms with van der Waals surface area (Å²) in [4.78, 5) is 24.3. The van der Waals surface area contributed by atoms with E-state index in [1.807, 2.05) is 13.0 Å². The van der Waals surface area contributed by atoms with Gasteiger partial charge in [-0.3, -0.25) is 10.2 Å². The van der Waals surface area contributed by atoms with E-state index in [0.29, 0.717) is 46.0 Å². The van der Waals surface area contributed by atoms with Crippen LogP contribution in [0.1, 0.15) is 39.5 Å². The fraction of sp³-hybridized carbons (Fsp3) is 0.222.